The number of carbonyl (C=O) groups excluding carboxylic acids is 1. The van der Waals surface area contributed by atoms with Gasteiger partial charge in [-0.15, -0.1) is 5.92 Å². The Morgan fingerprint density at radius 3 is 2.47 bits per heavy atom. The van der Waals surface area contributed by atoms with E-state index in [9.17, 15) is 4.79 Å². The van der Waals surface area contributed by atoms with E-state index in [-0.39, 0.29) is 5.97 Å². The molecule has 19 heavy (non-hydrogen) atoms. The molecule has 0 saturated carbocycles. The zero-order valence-electron chi connectivity index (χ0n) is 12.4. The van der Waals surface area contributed by atoms with Gasteiger partial charge in [-0.25, -0.2) is 0 Å². The SMILES string of the molecule is CCCCCCC#CCCOC(=O)CCCCCN. The molecule has 3 nitrogen and oxygen atoms in total. The lowest BCUT2D eigenvalue weighted by Crippen LogP contribution is -2.05. The second-order valence-corrected chi connectivity index (χ2v) is 4.73. The van der Waals surface area contributed by atoms with Crippen molar-refractivity contribution in [2.75, 3.05) is 13.2 Å². The zero-order valence-corrected chi connectivity index (χ0v) is 12.4. The monoisotopic (exact) mass is 267 g/mol. The molecule has 0 fully saturated rings. The lowest BCUT2D eigenvalue weighted by molar-refractivity contribution is -0.143. The Morgan fingerprint density at radius 1 is 1.00 bits per heavy atom. The van der Waals surface area contributed by atoms with Crippen molar-refractivity contribution in [1.29, 1.82) is 0 Å². The van der Waals surface area contributed by atoms with Gasteiger partial charge in [-0.1, -0.05) is 38.5 Å². The fraction of sp³-hybridized carbons (Fsp3) is 0.812. The van der Waals surface area contributed by atoms with Crippen LogP contribution >= 0.6 is 0 Å². The molecular weight excluding hydrogens is 238 g/mol. The molecule has 0 aromatic heterocycles. The van der Waals surface area contributed by atoms with Gasteiger partial charge in [0.2, 0.25) is 0 Å². The van der Waals surface area contributed by atoms with Gasteiger partial charge in [-0.2, -0.15) is 0 Å². The molecule has 110 valence electrons. The molecule has 0 aliphatic carbocycles. The normalized spacial score (nSPS) is 9.79. The van der Waals surface area contributed by atoms with E-state index in [1.807, 2.05) is 0 Å². The van der Waals surface area contributed by atoms with Crippen LogP contribution in [0.3, 0.4) is 0 Å². The maximum atomic E-state index is 11.3. The first-order valence-corrected chi connectivity index (χ1v) is 7.62. The summed E-state index contributed by atoms with van der Waals surface area (Å²) in [6, 6.07) is 0. The number of rotatable bonds is 11. The molecule has 0 amide bonds. The molecule has 3 heteroatoms. The van der Waals surface area contributed by atoms with E-state index in [1.54, 1.807) is 0 Å². The van der Waals surface area contributed by atoms with Crippen LogP contribution in [-0.2, 0) is 9.53 Å². The van der Waals surface area contributed by atoms with Crippen LogP contribution in [-0.4, -0.2) is 19.1 Å². The molecular formula is C16H29NO2. The van der Waals surface area contributed by atoms with E-state index >= 15 is 0 Å². The van der Waals surface area contributed by atoms with Gasteiger partial charge in [0.25, 0.3) is 0 Å². The Morgan fingerprint density at radius 2 is 1.74 bits per heavy atom. The fourth-order valence-corrected chi connectivity index (χ4v) is 1.70. The van der Waals surface area contributed by atoms with Crippen molar-refractivity contribution in [3.63, 3.8) is 0 Å². The smallest absolute Gasteiger partial charge is 0.305 e. The Bertz CT molecular complexity index is 266. The van der Waals surface area contributed by atoms with Crippen LogP contribution in [0.1, 0.15) is 71.1 Å². The zero-order chi connectivity index (χ0) is 14.2. The van der Waals surface area contributed by atoms with Crippen molar-refractivity contribution >= 4 is 5.97 Å². The molecule has 0 aromatic carbocycles. The van der Waals surface area contributed by atoms with E-state index in [0.29, 0.717) is 26.0 Å². The highest BCUT2D eigenvalue weighted by atomic mass is 16.5. The van der Waals surface area contributed by atoms with Gasteiger partial charge in [0, 0.05) is 19.3 Å². The molecule has 0 saturated heterocycles. The summed E-state index contributed by atoms with van der Waals surface area (Å²) in [7, 11) is 0. The summed E-state index contributed by atoms with van der Waals surface area (Å²) in [6.07, 6.45) is 9.99. The van der Waals surface area contributed by atoms with Gasteiger partial charge in [-0.05, 0) is 25.8 Å². The average molecular weight is 267 g/mol. The molecule has 0 atom stereocenters. The summed E-state index contributed by atoms with van der Waals surface area (Å²) in [6.45, 7) is 3.33. The predicted molar refractivity (Wildman–Crippen MR) is 79.6 cm³/mol. The van der Waals surface area contributed by atoms with Crippen molar-refractivity contribution < 1.29 is 9.53 Å². The predicted octanol–water partition coefficient (Wildman–Crippen LogP) is 3.41. The van der Waals surface area contributed by atoms with Crippen LogP contribution in [0, 0.1) is 11.8 Å². The highest BCUT2D eigenvalue weighted by molar-refractivity contribution is 5.69. The van der Waals surface area contributed by atoms with Crippen molar-refractivity contribution in [3.05, 3.63) is 0 Å². The summed E-state index contributed by atoms with van der Waals surface area (Å²) >= 11 is 0. The topological polar surface area (TPSA) is 52.3 Å². The molecule has 0 rings (SSSR count). The number of unbranched alkanes of at least 4 members (excludes halogenated alkanes) is 6. The highest BCUT2D eigenvalue weighted by Gasteiger charge is 2.00. The highest BCUT2D eigenvalue weighted by Crippen LogP contribution is 2.02. The average Bonchev–Trinajstić information content (AvgIpc) is 2.42. The second kappa shape index (κ2) is 15.0. The van der Waals surface area contributed by atoms with Crippen molar-refractivity contribution in [3.8, 4) is 11.8 Å². The van der Waals surface area contributed by atoms with Crippen LogP contribution in [0.2, 0.25) is 0 Å². The number of esters is 1. The van der Waals surface area contributed by atoms with E-state index in [4.69, 9.17) is 10.5 Å². The minimum absolute atomic E-state index is 0.109. The van der Waals surface area contributed by atoms with Crippen molar-refractivity contribution in [2.24, 2.45) is 5.73 Å². The standard InChI is InChI=1S/C16H29NO2/c1-2-3-4-5-6-7-8-12-15-19-16(18)13-10-9-11-14-17/h2-6,9-15,17H2,1H3. The van der Waals surface area contributed by atoms with Gasteiger partial charge in [-0.3, -0.25) is 4.79 Å². The summed E-state index contributed by atoms with van der Waals surface area (Å²) in [5.74, 6) is 6.06. The molecule has 0 bridgehead atoms. The minimum Gasteiger partial charge on any atom is -0.465 e. The molecule has 0 heterocycles. The Hall–Kier alpha value is -1.01. The first-order valence-electron chi connectivity index (χ1n) is 7.62. The lowest BCUT2D eigenvalue weighted by atomic mass is 10.1. The number of carbonyl (C=O) groups is 1. The van der Waals surface area contributed by atoms with E-state index in [0.717, 1.165) is 25.7 Å². The minimum atomic E-state index is -0.109. The van der Waals surface area contributed by atoms with Crippen LogP contribution in [0.25, 0.3) is 0 Å². The molecule has 0 unspecified atom stereocenters. The maximum absolute atomic E-state index is 11.3. The largest absolute Gasteiger partial charge is 0.465 e. The first kappa shape index (κ1) is 18.0. The first-order chi connectivity index (χ1) is 9.31. The number of ether oxygens (including phenoxy) is 1. The quantitative estimate of drug-likeness (QED) is 0.354. The van der Waals surface area contributed by atoms with Crippen molar-refractivity contribution in [2.45, 2.75) is 71.1 Å². The van der Waals surface area contributed by atoms with Gasteiger partial charge in [0.05, 0.1) is 0 Å². The van der Waals surface area contributed by atoms with Crippen LogP contribution < -0.4 is 5.73 Å². The van der Waals surface area contributed by atoms with Gasteiger partial charge < -0.3 is 10.5 Å². The Balaban J connectivity index is 3.28. The molecule has 0 radical (unpaired) electrons. The lowest BCUT2D eigenvalue weighted by Gasteiger charge is -2.01. The summed E-state index contributed by atoms with van der Waals surface area (Å²) in [5.41, 5.74) is 5.38. The summed E-state index contributed by atoms with van der Waals surface area (Å²) in [4.78, 5) is 11.3. The van der Waals surface area contributed by atoms with Gasteiger partial charge in [0.1, 0.15) is 6.61 Å². The molecule has 0 aliphatic rings. The van der Waals surface area contributed by atoms with Gasteiger partial charge in [0.15, 0.2) is 0 Å². The molecule has 0 spiro atoms. The number of nitrogens with two attached hydrogens (primary N) is 1. The molecule has 0 aromatic rings. The maximum Gasteiger partial charge on any atom is 0.305 e. The molecule has 0 aliphatic heterocycles. The third-order valence-electron chi connectivity index (χ3n) is 2.86. The van der Waals surface area contributed by atoms with Gasteiger partial charge >= 0.3 is 5.97 Å². The Kier molecular flexibility index (Phi) is 14.2. The van der Waals surface area contributed by atoms with Crippen LogP contribution in [0.15, 0.2) is 0 Å². The second-order valence-electron chi connectivity index (χ2n) is 4.73. The molecule has 2 N–H and O–H groups in total. The van der Waals surface area contributed by atoms with Crippen LogP contribution in [0.4, 0.5) is 0 Å². The fourth-order valence-electron chi connectivity index (χ4n) is 1.70. The van der Waals surface area contributed by atoms with Crippen molar-refractivity contribution in [1.82, 2.24) is 0 Å². The third kappa shape index (κ3) is 14.9. The number of hydrogen-bond acceptors (Lipinski definition) is 3. The third-order valence-corrected chi connectivity index (χ3v) is 2.86. The summed E-state index contributed by atoms with van der Waals surface area (Å²) in [5, 5.41) is 0. The van der Waals surface area contributed by atoms with E-state index in [1.165, 1.54) is 25.7 Å². The van der Waals surface area contributed by atoms with E-state index in [2.05, 4.69) is 18.8 Å². The Labute approximate surface area is 118 Å². The number of hydrogen-bond donors (Lipinski definition) is 1. The summed E-state index contributed by atoms with van der Waals surface area (Å²) < 4.78 is 5.09. The van der Waals surface area contributed by atoms with Crippen LogP contribution in [0.5, 0.6) is 0 Å². The van der Waals surface area contributed by atoms with E-state index < -0.39 is 0 Å².